The third kappa shape index (κ3) is 6.14. The van der Waals surface area contributed by atoms with Crippen LogP contribution >= 0.6 is 0 Å². The highest BCUT2D eigenvalue weighted by Gasteiger charge is 2.29. The Hall–Kier alpha value is -6.38. The van der Waals surface area contributed by atoms with Crippen molar-refractivity contribution in [3.8, 4) is 63.4 Å². The van der Waals surface area contributed by atoms with E-state index in [4.69, 9.17) is 40.6 Å². The van der Waals surface area contributed by atoms with Crippen LogP contribution in [0.1, 0.15) is 15.9 Å². The molecule has 0 radical (unpaired) electrons. The lowest BCUT2D eigenvalue weighted by atomic mass is 10.1. The highest BCUT2D eigenvalue weighted by Crippen LogP contribution is 2.46. The van der Waals surface area contributed by atoms with Crippen LogP contribution in [-0.4, -0.2) is 45.6 Å². The van der Waals surface area contributed by atoms with Crippen molar-refractivity contribution < 1.29 is 42.4 Å². The summed E-state index contributed by atoms with van der Waals surface area (Å²) in [4.78, 5) is 20.0. The van der Waals surface area contributed by atoms with Gasteiger partial charge in [-0.05, 0) is 42.5 Å². The van der Waals surface area contributed by atoms with Gasteiger partial charge in [0.05, 0.1) is 14.2 Å². The van der Waals surface area contributed by atoms with E-state index >= 15 is 8.78 Å². The van der Waals surface area contributed by atoms with E-state index in [9.17, 15) is 9.90 Å². The molecule has 0 aliphatic carbocycles. The van der Waals surface area contributed by atoms with E-state index in [2.05, 4.69) is 9.97 Å². The first-order valence-electron chi connectivity index (χ1n) is 13.2. The van der Waals surface area contributed by atoms with Gasteiger partial charge in [-0.15, -0.1) is 0 Å². The molecule has 46 heavy (non-hydrogen) atoms. The number of hydrogen-bond donors (Lipinski definition) is 4. The average molecular weight is 633 g/mol. The number of phenolic OH excluding ortho intramolecular Hbond substituents is 1. The summed E-state index contributed by atoms with van der Waals surface area (Å²) in [5, 5.41) is 18.1. The van der Waals surface area contributed by atoms with Crippen LogP contribution < -0.4 is 35.2 Å². The van der Waals surface area contributed by atoms with Crippen LogP contribution in [0.15, 0.2) is 67.0 Å². The Morgan fingerprint density at radius 2 is 1.52 bits per heavy atom. The number of imidazole rings is 1. The Bertz CT molecular complexity index is 1960. The summed E-state index contributed by atoms with van der Waals surface area (Å²) in [5.41, 5.74) is 11.7. The van der Waals surface area contributed by atoms with Gasteiger partial charge in [0.15, 0.2) is 23.0 Å². The van der Waals surface area contributed by atoms with E-state index in [0.717, 1.165) is 6.07 Å². The molecule has 0 aliphatic rings. The first kappa shape index (κ1) is 31.1. The van der Waals surface area contributed by atoms with Gasteiger partial charge < -0.3 is 44.8 Å². The summed E-state index contributed by atoms with van der Waals surface area (Å²) in [6.07, 6.45) is 3.35. The number of carbonyl (C=O) groups excluding carboxylic acids is 1. The summed E-state index contributed by atoms with van der Waals surface area (Å²) in [6.45, 7) is 0. The molecule has 5 rings (SSSR count). The van der Waals surface area contributed by atoms with Crippen molar-refractivity contribution in [2.45, 2.75) is 0 Å². The number of ether oxygens (including phenoxy) is 5. The second-order valence-corrected chi connectivity index (χ2v) is 9.55. The lowest BCUT2D eigenvalue weighted by Crippen LogP contribution is -2.12. The van der Waals surface area contributed by atoms with E-state index in [-0.39, 0.29) is 45.7 Å². The summed E-state index contributed by atoms with van der Waals surface area (Å²) in [6, 6.07) is 12.5. The third-order valence-electron chi connectivity index (χ3n) is 6.53. The normalized spacial score (nSPS) is 10.7. The molecule has 2 heterocycles. The summed E-state index contributed by atoms with van der Waals surface area (Å²) >= 11 is 0. The smallest absolute Gasteiger partial charge is 0.263 e. The number of methoxy groups -OCH3 is 2. The van der Waals surface area contributed by atoms with Gasteiger partial charge in [0.2, 0.25) is 29.0 Å². The Balaban J connectivity index is 1.65. The standard InChI is InChI=1S/C31H26F2N6O7/c1-39-10-9-37-29(39)16-5-4-6-18(11-16)44-30-23(32)26(46-25-21(42-2)13-17(28(36)41)14-22(25)43-3)24(33)31(38-30)45-20-12-15(27(34)35)7-8-19(20)40/h4-14,40H,1-3H3,(H3,34,35)(H2,36,41). The Labute approximate surface area is 260 Å². The van der Waals surface area contributed by atoms with Crippen LogP contribution in [0.25, 0.3) is 11.4 Å². The fourth-order valence-electron chi connectivity index (χ4n) is 4.25. The minimum absolute atomic E-state index is 0.0295. The van der Waals surface area contributed by atoms with Gasteiger partial charge in [-0.3, -0.25) is 10.2 Å². The highest BCUT2D eigenvalue weighted by molar-refractivity contribution is 5.95. The number of nitrogens with zero attached hydrogens (tertiary/aromatic N) is 3. The molecule has 3 aromatic carbocycles. The molecule has 0 unspecified atom stereocenters. The van der Waals surface area contributed by atoms with Crippen molar-refractivity contribution in [3.63, 3.8) is 0 Å². The van der Waals surface area contributed by atoms with Gasteiger partial charge in [-0.2, -0.15) is 13.8 Å². The average Bonchev–Trinajstić information content (AvgIpc) is 3.47. The van der Waals surface area contributed by atoms with Crippen molar-refractivity contribution in [1.82, 2.24) is 14.5 Å². The summed E-state index contributed by atoms with van der Waals surface area (Å²) < 4.78 is 61.5. The molecular formula is C31H26F2N6O7. The number of benzene rings is 3. The fourth-order valence-corrected chi connectivity index (χ4v) is 4.25. The quantitative estimate of drug-likeness (QED) is 0.111. The monoisotopic (exact) mass is 632 g/mol. The molecule has 0 bridgehead atoms. The number of amidine groups is 1. The number of nitrogens with two attached hydrogens (primary N) is 2. The zero-order chi connectivity index (χ0) is 33.1. The van der Waals surface area contributed by atoms with Crippen molar-refractivity contribution in [2.24, 2.45) is 18.5 Å². The van der Waals surface area contributed by atoms with Crippen LogP contribution in [0.5, 0.6) is 52.0 Å². The molecule has 5 aromatic rings. The van der Waals surface area contributed by atoms with Crippen molar-refractivity contribution in [3.05, 3.63) is 89.8 Å². The number of aromatic nitrogens is 3. The first-order valence-corrected chi connectivity index (χ1v) is 13.2. The van der Waals surface area contributed by atoms with Crippen molar-refractivity contribution >= 4 is 11.7 Å². The molecule has 0 atom stereocenters. The first-order chi connectivity index (χ1) is 22.0. The topological polar surface area (TPSA) is 190 Å². The van der Waals surface area contributed by atoms with Crippen LogP contribution in [0.2, 0.25) is 0 Å². The van der Waals surface area contributed by atoms with Gasteiger partial charge in [0.1, 0.15) is 17.4 Å². The number of phenols is 1. The number of hydrogen-bond acceptors (Lipinski definition) is 10. The number of aryl methyl sites for hydroxylation is 1. The van der Waals surface area contributed by atoms with Crippen molar-refractivity contribution in [1.29, 1.82) is 5.41 Å². The van der Waals surface area contributed by atoms with Gasteiger partial charge in [0, 0.05) is 36.1 Å². The largest absolute Gasteiger partial charge is 0.504 e. The number of amides is 1. The SMILES string of the molecule is COc1cc(C(N)=O)cc(OC)c1Oc1c(F)c(Oc2cccc(-c3nccn3C)c2)nc(Oc2cc(C(=N)N)ccc2O)c1F. The van der Waals surface area contributed by atoms with Gasteiger partial charge in [-0.1, -0.05) is 12.1 Å². The molecule has 236 valence electrons. The predicted octanol–water partition coefficient (Wildman–Crippen LogP) is 5.24. The van der Waals surface area contributed by atoms with Crippen LogP contribution in [-0.2, 0) is 7.05 Å². The van der Waals surface area contributed by atoms with Gasteiger partial charge in [0.25, 0.3) is 11.8 Å². The molecule has 15 heteroatoms. The Morgan fingerprint density at radius 3 is 2.11 bits per heavy atom. The molecule has 6 N–H and O–H groups in total. The van der Waals surface area contributed by atoms with E-state index < -0.39 is 40.8 Å². The molecule has 0 spiro atoms. The number of nitrogen functional groups attached to an aromatic ring is 1. The maximum atomic E-state index is 16.1. The number of carbonyl (C=O) groups is 1. The van der Waals surface area contributed by atoms with Crippen LogP contribution in [0.4, 0.5) is 8.78 Å². The number of pyridine rings is 1. The second-order valence-electron chi connectivity index (χ2n) is 9.55. The second kappa shape index (κ2) is 12.7. The van der Waals surface area contributed by atoms with Crippen molar-refractivity contribution in [2.75, 3.05) is 14.2 Å². The summed E-state index contributed by atoms with van der Waals surface area (Å²) in [7, 11) is 4.25. The number of nitrogens with one attached hydrogen (secondary N) is 1. The van der Waals surface area contributed by atoms with Gasteiger partial charge in [-0.25, -0.2) is 4.98 Å². The Kier molecular flexibility index (Phi) is 8.57. The fraction of sp³-hybridized carbons (Fsp3) is 0.0968. The number of rotatable bonds is 11. The molecule has 0 saturated carbocycles. The number of aromatic hydroxyl groups is 1. The van der Waals surface area contributed by atoms with Crippen LogP contribution in [0.3, 0.4) is 0 Å². The lowest BCUT2D eigenvalue weighted by molar-refractivity contribution is 0.0999. The molecule has 13 nitrogen and oxygen atoms in total. The molecule has 0 aliphatic heterocycles. The zero-order valence-electron chi connectivity index (χ0n) is 24.5. The number of primary amides is 1. The molecule has 0 fully saturated rings. The molecular weight excluding hydrogens is 606 g/mol. The number of halogens is 2. The molecule has 2 aromatic heterocycles. The summed E-state index contributed by atoms with van der Waals surface area (Å²) in [5.74, 6) is -7.53. The highest BCUT2D eigenvalue weighted by atomic mass is 19.1. The molecule has 0 saturated heterocycles. The van der Waals surface area contributed by atoms with E-state index in [1.807, 2.05) is 0 Å². The predicted molar refractivity (Wildman–Crippen MR) is 160 cm³/mol. The third-order valence-corrected chi connectivity index (χ3v) is 6.53. The minimum Gasteiger partial charge on any atom is -0.504 e. The molecule has 1 amide bonds. The Morgan fingerprint density at radius 1 is 0.870 bits per heavy atom. The maximum Gasteiger partial charge on any atom is 0.263 e. The van der Waals surface area contributed by atoms with Gasteiger partial charge >= 0.3 is 0 Å². The zero-order valence-corrected chi connectivity index (χ0v) is 24.5. The van der Waals surface area contributed by atoms with E-state index in [1.165, 1.54) is 44.6 Å². The van der Waals surface area contributed by atoms with Crippen LogP contribution in [0, 0.1) is 17.0 Å². The minimum atomic E-state index is -1.46. The van der Waals surface area contributed by atoms with E-state index in [0.29, 0.717) is 11.4 Å². The lowest BCUT2D eigenvalue weighted by Gasteiger charge is -2.18. The van der Waals surface area contributed by atoms with E-state index in [1.54, 1.807) is 42.2 Å². The maximum absolute atomic E-state index is 16.1.